The number of carbonyl (C=O) groups is 2. The first-order valence-corrected chi connectivity index (χ1v) is 12.5. The normalized spacial score (nSPS) is 18.2. The summed E-state index contributed by atoms with van der Waals surface area (Å²) >= 11 is 0. The second-order valence-corrected chi connectivity index (χ2v) is 13.5. The summed E-state index contributed by atoms with van der Waals surface area (Å²) in [5.74, 6) is -0.137. The van der Waals surface area contributed by atoms with Crippen LogP contribution in [0, 0.1) is 5.92 Å². The van der Waals surface area contributed by atoms with E-state index in [1.807, 2.05) is 0 Å². The number of ketones is 2. The van der Waals surface area contributed by atoms with E-state index in [4.69, 9.17) is 13.9 Å². The Morgan fingerprint density at radius 3 is 2.27 bits per heavy atom. The van der Waals surface area contributed by atoms with Gasteiger partial charge in [-0.2, -0.15) is 0 Å². The molecule has 0 aromatic carbocycles. The fourth-order valence-electron chi connectivity index (χ4n) is 2.81. The monoisotopic (exact) mass is 384 g/mol. The highest BCUT2D eigenvalue weighted by molar-refractivity contribution is 6.74. The molecule has 0 spiro atoms. The van der Waals surface area contributed by atoms with Crippen molar-refractivity contribution in [3.05, 3.63) is 12.2 Å². The van der Waals surface area contributed by atoms with Crippen molar-refractivity contribution < 1.29 is 23.5 Å². The molecule has 0 aromatic heterocycles. The van der Waals surface area contributed by atoms with E-state index in [1.54, 1.807) is 7.11 Å². The molecular formula is C20H36O5Si. The zero-order valence-electron chi connectivity index (χ0n) is 17.3. The van der Waals surface area contributed by atoms with Crippen LogP contribution in [-0.4, -0.2) is 46.5 Å². The maximum Gasteiger partial charge on any atom is 0.192 e. The van der Waals surface area contributed by atoms with E-state index in [0.717, 1.165) is 25.7 Å². The van der Waals surface area contributed by atoms with Crippen LogP contribution in [0.15, 0.2) is 12.2 Å². The van der Waals surface area contributed by atoms with Gasteiger partial charge in [0.2, 0.25) is 0 Å². The summed E-state index contributed by atoms with van der Waals surface area (Å²) in [7, 11) is -0.429. The van der Waals surface area contributed by atoms with Crippen LogP contribution in [0.5, 0.6) is 0 Å². The molecule has 1 atom stereocenters. The van der Waals surface area contributed by atoms with Gasteiger partial charge >= 0.3 is 0 Å². The van der Waals surface area contributed by atoms with Gasteiger partial charge < -0.3 is 13.9 Å². The van der Waals surface area contributed by atoms with E-state index < -0.39 is 14.4 Å². The summed E-state index contributed by atoms with van der Waals surface area (Å²) in [5, 5.41) is 0.0485. The molecule has 1 fully saturated rings. The topological polar surface area (TPSA) is 61.8 Å². The molecule has 0 N–H and O–H groups in total. The molecule has 1 unspecified atom stereocenters. The molecule has 150 valence electrons. The van der Waals surface area contributed by atoms with E-state index >= 15 is 0 Å². The van der Waals surface area contributed by atoms with Gasteiger partial charge in [-0.05, 0) is 49.0 Å². The lowest BCUT2D eigenvalue weighted by Crippen LogP contribution is -2.41. The minimum atomic E-state index is -1.97. The molecule has 0 aromatic rings. The third-order valence-corrected chi connectivity index (χ3v) is 10.0. The van der Waals surface area contributed by atoms with E-state index in [9.17, 15) is 9.59 Å². The number of hydrogen-bond acceptors (Lipinski definition) is 5. The van der Waals surface area contributed by atoms with Gasteiger partial charge in [0.15, 0.2) is 19.9 Å². The quantitative estimate of drug-likeness (QED) is 0.320. The van der Waals surface area contributed by atoms with Crippen molar-refractivity contribution >= 4 is 19.9 Å². The predicted molar refractivity (Wildman–Crippen MR) is 106 cm³/mol. The van der Waals surface area contributed by atoms with Crippen molar-refractivity contribution in [2.75, 3.05) is 20.5 Å². The van der Waals surface area contributed by atoms with E-state index in [1.165, 1.54) is 18.6 Å². The molecule has 0 amide bonds. The molecule has 26 heavy (non-hydrogen) atoms. The molecule has 1 rings (SSSR count). The number of ether oxygens (including phenoxy) is 2. The Hall–Kier alpha value is -0.823. The van der Waals surface area contributed by atoms with Crippen LogP contribution in [0.3, 0.4) is 0 Å². The van der Waals surface area contributed by atoms with Crippen LogP contribution in [0.2, 0.25) is 18.1 Å². The standard InChI is InChI=1S/C20H36O5Si/c1-20(2,3)26(5,6)25-14-17(21)12-13-18(22)19(24-15-23-4)16-10-8-7-9-11-16/h12-13,16,19H,7-11,14-15H2,1-6H3/b13-12+. The van der Waals surface area contributed by atoms with Gasteiger partial charge in [0.1, 0.15) is 12.9 Å². The Morgan fingerprint density at radius 1 is 1.12 bits per heavy atom. The zero-order chi connectivity index (χ0) is 19.8. The van der Waals surface area contributed by atoms with Crippen molar-refractivity contribution in [2.24, 2.45) is 5.92 Å². The molecule has 1 aliphatic rings. The maximum absolute atomic E-state index is 12.6. The maximum atomic E-state index is 12.6. The highest BCUT2D eigenvalue weighted by Gasteiger charge is 2.37. The van der Waals surface area contributed by atoms with Crippen LogP contribution < -0.4 is 0 Å². The molecule has 0 radical (unpaired) electrons. The van der Waals surface area contributed by atoms with Crippen LogP contribution in [0.25, 0.3) is 0 Å². The first kappa shape index (κ1) is 23.2. The fourth-order valence-corrected chi connectivity index (χ4v) is 3.75. The predicted octanol–water partition coefficient (Wildman–Crippen LogP) is 4.27. The van der Waals surface area contributed by atoms with Gasteiger partial charge in [0.05, 0.1) is 6.61 Å². The summed E-state index contributed by atoms with van der Waals surface area (Å²) in [5.41, 5.74) is 0. The van der Waals surface area contributed by atoms with Gasteiger partial charge in [-0.3, -0.25) is 9.59 Å². The second kappa shape index (κ2) is 10.5. The number of rotatable bonds is 10. The number of hydrogen-bond donors (Lipinski definition) is 0. The fraction of sp³-hybridized carbons (Fsp3) is 0.800. The van der Waals surface area contributed by atoms with Gasteiger partial charge in [0, 0.05) is 7.11 Å². The Kier molecular flexibility index (Phi) is 9.37. The first-order valence-electron chi connectivity index (χ1n) is 9.58. The van der Waals surface area contributed by atoms with Crippen molar-refractivity contribution in [3.63, 3.8) is 0 Å². The summed E-state index contributed by atoms with van der Waals surface area (Å²) in [6.45, 7) is 10.7. The Bertz CT molecular complexity index is 487. The summed E-state index contributed by atoms with van der Waals surface area (Å²) in [6, 6.07) is 0. The molecule has 1 saturated carbocycles. The molecule has 0 bridgehead atoms. The Morgan fingerprint density at radius 2 is 1.73 bits per heavy atom. The highest BCUT2D eigenvalue weighted by atomic mass is 28.4. The van der Waals surface area contributed by atoms with Crippen molar-refractivity contribution in [3.8, 4) is 0 Å². The molecular weight excluding hydrogens is 348 g/mol. The number of carbonyl (C=O) groups excluding carboxylic acids is 2. The molecule has 6 heteroatoms. The van der Waals surface area contributed by atoms with Crippen molar-refractivity contribution in [2.45, 2.75) is 77.1 Å². The lowest BCUT2D eigenvalue weighted by molar-refractivity contribution is -0.142. The van der Waals surface area contributed by atoms with Crippen molar-refractivity contribution in [1.82, 2.24) is 0 Å². The van der Waals surface area contributed by atoms with Gasteiger partial charge in [-0.1, -0.05) is 40.0 Å². The van der Waals surface area contributed by atoms with E-state index in [-0.39, 0.29) is 35.9 Å². The molecule has 0 heterocycles. The minimum Gasteiger partial charge on any atom is -0.409 e. The zero-order valence-corrected chi connectivity index (χ0v) is 18.3. The molecule has 1 aliphatic carbocycles. The van der Waals surface area contributed by atoms with Crippen LogP contribution in [-0.2, 0) is 23.5 Å². The SMILES string of the molecule is COCOC(C(=O)/C=C/C(=O)CO[Si](C)(C)C(C)(C)C)C1CCCCC1. The largest absolute Gasteiger partial charge is 0.409 e. The van der Waals surface area contributed by atoms with Gasteiger partial charge in [-0.15, -0.1) is 0 Å². The second-order valence-electron chi connectivity index (χ2n) is 8.64. The third-order valence-electron chi connectivity index (χ3n) is 5.54. The van der Waals surface area contributed by atoms with Crippen LogP contribution >= 0.6 is 0 Å². The lowest BCUT2D eigenvalue weighted by Gasteiger charge is -2.35. The molecule has 0 saturated heterocycles. The Labute approximate surface area is 159 Å². The summed E-state index contributed by atoms with van der Waals surface area (Å²) < 4.78 is 16.5. The van der Waals surface area contributed by atoms with Gasteiger partial charge in [-0.25, -0.2) is 0 Å². The highest BCUT2D eigenvalue weighted by Crippen LogP contribution is 2.36. The average Bonchev–Trinajstić information content (AvgIpc) is 2.58. The lowest BCUT2D eigenvalue weighted by atomic mass is 9.83. The average molecular weight is 385 g/mol. The van der Waals surface area contributed by atoms with E-state index in [0.29, 0.717) is 0 Å². The number of methoxy groups -OCH3 is 1. The van der Waals surface area contributed by atoms with Crippen molar-refractivity contribution in [1.29, 1.82) is 0 Å². The van der Waals surface area contributed by atoms with Crippen LogP contribution in [0.4, 0.5) is 0 Å². The van der Waals surface area contributed by atoms with Crippen LogP contribution in [0.1, 0.15) is 52.9 Å². The smallest absolute Gasteiger partial charge is 0.192 e. The molecule has 0 aliphatic heterocycles. The third kappa shape index (κ3) is 7.43. The first-order chi connectivity index (χ1) is 12.1. The molecule has 5 nitrogen and oxygen atoms in total. The van der Waals surface area contributed by atoms with E-state index in [2.05, 4.69) is 33.9 Å². The summed E-state index contributed by atoms with van der Waals surface area (Å²) in [4.78, 5) is 24.7. The summed E-state index contributed by atoms with van der Waals surface area (Å²) in [6.07, 6.45) is 7.57. The minimum absolute atomic E-state index is 0.0211. The Balaban J connectivity index is 2.61. The van der Waals surface area contributed by atoms with Gasteiger partial charge in [0.25, 0.3) is 0 Å².